The fraction of sp³-hybridized carbons (Fsp3) is 0.208. The predicted octanol–water partition coefficient (Wildman–Crippen LogP) is 4.86. The number of hydrogen-bond acceptors (Lipinski definition) is 3. The monoisotopic (exact) mass is 380 g/mol. The molecule has 142 valence electrons. The van der Waals surface area contributed by atoms with Crippen LogP contribution in [0.15, 0.2) is 60.9 Å². The second-order valence-corrected chi connectivity index (χ2v) is 7.86. The van der Waals surface area contributed by atoms with E-state index in [1.54, 1.807) is 4.90 Å². The summed E-state index contributed by atoms with van der Waals surface area (Å²) in [4.78, 5) is 23.2. The summed E-state index contributed by atoms with van der Waals surface area (Å²) in [6.45, 7) is 1.37. The van der Waals surface area contributed by atoms with E-state index in [9.17, 15) is 4.79 Å². The van der Waals surface area contributed by atoms with Gasteiger partial charge in [-0.25, -0.2) is 9.78 Å². The molecule has 1 saturated carbocycles. The molecule has 1 aliphatic heterocycles. The number of benzene rings is 2. The van der Waals surface area contributed by atoms with E-state index >= 15 is 0 Å². The van der Waals surface area contributed by atoms with Crippen LogP contribution in [0.1, 0.15) is 24.3 Å². The van der Waals surface area contributed by atoms with E-state index in [1.165, 1.54) is 23.8 Å². The van der Waals surface area contributed by atoms with E-state index in [0.29, 0.717) is 19.0 Å². The van der Waals surface area contributed by atoms with Crippen LogP contribution in [0.2, 0.25) is 0 Å². The number of carbonyl (C=O) groups is 1. The summed E-state index contributed by atoms with van der Waals surface area (Å²) in [5, 5.41) is 6.34. The molecule has 2 aromatic carbocycles. The minimum atomic E-state index is -0.0375. The second-order valence-electron chi connectivity index (χ2n) is 7.86. The van der Waals surface area contributed by atoms with Crippen molar-refractivity contribution < 1.29 is 4.79 Å². The van der Waals surface area contributed by atoms with Gasteiger partial charge in [0, 0.05) is 47.5 Å². The Kier molecular flexibility index (Phi) is 3.57. The molecule has 6 rings (SSSR count). The van der Waals surface area contributed by atoms with E-state index in [1.807, 2.05) is 18.5 Å². The van der Waals surface area contributed by atoms with Gasteiger partial charge in [-0.3, -0.25) is 9.88 Å². The van der Waals surface area contributed by atoms with Crippen molar-refractivity contribution in [3.8, 4) is 11.3 Å². The molecule has 2 aromatic heterocycles. The third-order valence-corrected chi connectivity index (χ3v) is 5.97. The molecule has 0 bridgehead atoms. The fourth-order valence-corrected chi connectivity index (χ4v) is 4.35. The Morgan fingerprint density at radius 2 is 1.97 bits per heavy atom. The highest BCUT2D eigenvalue weighted by molar-refractivity contribution is 5.99. The SMILES string of the molecule is O=C1NCCN1c1ccc2c(C3CC3)cc(-c3cccc4cnccc34)nc2c1. The first kappa shape index (κ1) is 16.5. The summed E-state index contributed by atoms with van der Waals surface area (Å²) in [6.07, 6.45) is 6.19. The quantitative estimate of drug-likeness (QED) is 0.552. The maximum Gasteiger partial charge on any atom is 0.321 e. The molecule has 0 atom stereocenters. The molecular formula is C24H20N4O. The Bertz CT molecular complexity index is 1270. The molecule has 29 heavy (non-hydrogen) atoms. The molecule has 1 aliphatic carbocycles. The summed E-state index contributed by atoms with van der Waals surface area (Å²) in [6, 6.07) is 16.8. The van der Waals surface area contributed by atoms with Crippen LogP contribution in [0.4, 0.5) is 10.5 Å². The third kappa shape index (κ3) is 2.73. The highest BCUT2D eigenvalue weighted by Gasteiger charge is 2.27. The molecular weight excluding hydrogens is 360 g/mol. The number of rotatable bonds is 3. The number of nitrogens with one attached hydrogen (secondary N) is 1. The molecule has 5 nitrogen and oxygen atoms in total. The lowest BCUT2D eigenvalue weighted by Gasteiger charge is -2.16. The van der Waals surface area contributed by atoms with Crippen LogP contribution >= 0.6 is 0 Å². The zero-order valence-electron chi connectivity index (χ0n) is 15.9. The lowest BCUT2D eigenvalue weighted by Crippen LogP contribution is -2.27. The fourth-order valence-electron chi connectivity index (χ4n) is 4.35. The van der Waals surface area contributed by atoms with Crippen LogP contribution < -0.4 is 10.2 Å². The number of carbonyl (C=O) groups excluding carboxylic acids is 1. The largest absolute Gasteiger partial charge is 0.336 e. The maximum atomic E-state index is 12.1. The van der Waals surface area contributed by atoms with Crippen molar-refractivity contribution >= 4 is 33.4 Å². The van der Waals surface area contributed by atoms with E-state index in [-0.39, 0.29) is 6.03 Å². The van der Waals surface area contributed by atoms with E-state index < -0.39 is 0 Å². The number of nitrogens with zero attached hydrogens (tertiary/aromatic N) is 3. The number of urea groups is 1. The van der Waals surface area contributed by atoms with Crippen molar-refractivity contribution in [1.29, 1.82) is 0 Å². The maximum absolute atomic E-state index is 12.1. The van der Waals surface area contributed by atoms with E-state index in [4.69, 9.17) is 4.98 Å². The lowest BCUT2D eigenvalue weighted by molar-refractivity contribution is 0.252. The van der Waals surface area contributed by atoms with Crippen molar-refractivity contribution in [2.75, 3.05) is 18.0 Å². The van der Waals surface area contributed by atoms with Crippen molar-refractivity contribution in [1.82, 2.24) is 15.3 Å². The molecule has 4 aromatic rings. The van der Waals surface area contributed by atoms with Crippen LogP contribution in [0.3, 0.4) is 0 Å². The first-order chi connectivity index (χ1) is 14.3. The Hall–Kier alpha value is -3.47. The second kappa shape index (κ2) is 6.27. The number of aromatic nitrogens is 2. The number of hydrogen-bond donors (Lipinski definition) is 1. The van der Waals surface area contributed by atoms with Crippen LogP contribution in [-0.2, 0) is 0 Å². The van der Waals surface area contributed by atoms with Crippen LogP contribution in [0.25, 0.3) is 32.9 Å². The van der Waals surface area contributed by atoms with Gasteiger partial charge in [-0.1, -0.05) is 24.3 Å². The van der Waals surface area contributed by atoms with Gasteiger partial charge in [0.25, 0.3) is 0 Å². The number of pyridine rings is 2. The highest BCUT2D eigenvalue weighted by Crippen LogP contribution is 2.45. The van der Waals surface area contributed by atoms with Crippen molar-refractivity contribution in [3.05, 3.63) is 66.5 Å². The zero-order valence-corrected chi connectivity index (χ0v) is 15.9. The molecule has 1 saturated heterocycles. The molecule has 0 spiro atoms. The normalized spacial score (nSPS) is 16.6. The van der Waals surface area contributed by atoms with Crippen molar-refractivity contribution in [3.63, 3.8) is 0 Å². The number of anilines is 1. The van der Waals surface area contributed by atoms with E-state index in [0.717, 1.165) is 33.2 Å². The average molecular weight is 380 g/mol. The van der Waals surface area contributed by atoms with Crippen molar-refractivity contribution in [2.45, 2.75) is 18.8 Å². The van der Waals surface area contributed by atoms with Gasteiger partial charge in [0.2, 0.25) is 0 Å². The van der Waals surface area contributed by atoms with Gasteiger partial charge >= 0.3 is 6.03 Å². The molecule has 1 N–H and O–H groups in total. The van der Waals surface area contributed by atoms with Crippen LogP contribution in [0.5, 0.6) is 0 Å². The van der Waals surface area contributed by atoms with Gasteiger partial charge in [0.05, 0.1) is 11.2 Å². The first-order valence-corrected chi connectivity index (χ1v) is 10.1. The van der Waals surface area contributed by atoms with Gasteiger partial charge in [0.15, 0.2) is 0 Å². The minimum Gasteiger partial charge on any atom is -0.336 e. The summed E-state index contributed by atoms with van der Waals surface area (Å²) < 4.78 is 0. The van der Waals surface area contributed by atoms with Crippen LogP contribution in [0, 0.1) is 0 Å². The summed E-state index contributed by atoms with van der Waals surface area (Å²) >= 11 is 0. The molecule has 2 fully saturated rings. The van der Waals surface area contributed by atoms with Crippen LogP contribution in [-0.4, -0.2) is 29.1 Å². The zero-order chi connectivity index (χ0) is 19.4. The standard InChI is InChI=1S/C24H20N4O/c29-24-26-10-11-28(24)17-6-7-20-21(15-4-5-15)13-23(27-22(20)12-17)19-3-1-2-16-14-25-9-8-18(16)19/h1-3,6-9,12-15H,4-5,10-11H2,(H,26,29). The Balaban J connectivity index is 1.57. The van der Waals surface area contributed by atoms with Gasteiger partial charge in [0.1, 0.15) is 0 Å². The van der Waals surface area contributed by atoms with E-state index in [2.05, 4.69) is 52.8 Å². The van der Waals surface area contributed by atoms with Gasteiger partial charge in [-0.2, -0.15) is 0 Å². The summed E-state index contributed by atoms with van der Waals surface area (Å²) in [7, 11) is 0. The average Bonchev–Trinajstić information content (AvgIpc) is 3.52. The molecule has 3 heterocycles. The summed E-state index contributed by atoms with van der Waals surface area (Å²) in [5.41, 5.74) is 5.33. The number of fused-ring (bicyclic) bond motifs is 2. The minimum absolute atomic E-state index is 0.0375. The van der Waals surface area contributed by atoms with Gasteiger partial charge < -0.3 is 5.32 Å². The molecule has 2 amide bonds. The molecule has 0 unspecified atom stereocenters. The summed E-state index contributed by atoms with van der Waals surface area (Å²) in [5.74, 6) is 0.608. The van der Waals surface area contributed by atoms with Gasteiger partial charge in [-0.15, -0.1) is 0 Å². The first-order valence-electron chi connectivity index (χ1n) is 10.1. The Morgan fingerprint density at radius 1 is 1.03 bits per heavy atom. The van der Waals surface area contributed by atoms with Crippen molar-refractivity contribution in [2.24, 2.45) is 0 Å². The molecule has 5 heteroatoms. The highest BCUT2D eigenvalue weighted by atomic mass is 16.2. The number of amides is 2. The lowest BCUT2D eigenvalue weighted by atomic mass is 9.98. The Labute approximate surface area is 168 Å². The topological polar surface area (TPSA) is 58.1 Å². The third-order valence-electron chi connectivity index (χ3n) is 5.97. The predicted molar refractivity (Wildman–Crippen MR) is 115 cm³/mol. The van der Waals surface area contributed by atoms with Gasteiger partial charge in [-0.05, 0) is 54.0 Å². The molecule has 0 radical (unpaired) electrons. The Morgan fingerprint density at radius 3 is 2.79 bits per heavy atom. The molecule has 2 aliphatic rings. The smallest absolute Gasteiger partial charge is 0.321 e.